The summed E-state index contributed by atoms with van der Waals surface area (Å²) in [6.07, 6.45) is 2.34. The Kier molecular flexibility index (Phi) is 5.53. The highest BCUT2D eigenvalue weighted by atomic mass is 16.5. The van der Waals surface area contributed by atoms with Crippen molar-refractivity contribution in [3.63, 3.8) is 0 Å². The first-order valence-corrected chi connectivity index (χ1v) is 9.86. The number of aliphatic carboxylic acids is 1. The fraction of sp³-hybridized carbons (Fsp3) is 0.217. The Morgan fingerprint density at radius 1 is 1.19 bits per heavy atom. The molecule has 0 aliphatic carbocycles. The number of hydrogen-bond donors (Lipinski definition) is 2. The molecule has 0 saturated heterocycles. The lowest BCUT2D eigenvalue weighted by atomic mass is 10.1. The zero-order valence-electron chi connectivity index (χ0n) is 16.9. The number of carboxylic acids is 1. The molecule has 1 aliphatic heterocycles. The first-order chi connectivity index (χ1) is 14.9. The number of ether oxygens (including phenoxy) is 1. The first kappa shape index (κ1) is 20.3. The van der Waals surface area contributed by atoms with E-state index in [1.807, 2.05) is 30.3 Å². The van der Waals surface area contributed by atoms with Crippen LogP contribution in [-0.2, 0) is 16.1 Å². The van der Waals surface area contributed by atoms with Crippen LogP contribution in [0.25, 0.3) is 22.6 Å². The van der Waals surface area contributed by atoms with E-state index in [2.05, 4.69) is 5.32 Å². The fourth-order valence-electron chi connectivity index (χ4n) is 3.58. The van der Waals surface area contributed by atoms with Gasteiger partial charge in [0.15, 0.2) is 0 Å². The van der Waals surface area contributed by atoms with E-state index in [0.29, 0.717) is 35.4 Å². The summed E-state index contributed by atoms with van der Waals surface area (Å²) < 4.78 is 6.86. The van der Waals surface area contributed by atoms with Crippen molar-refractivity contribution in [2.24, 2.45) is 0 Å². The summed E-state index contributed by atoms with van der Waals surface area (Å²) in [6, 6.07) is 12.5. The predicted molar refractivity (Wildman–Crippen MR) is 117 cm³/mol. The summed E-state index contributed by atoms with van der Waals surface area (Å²) in [4.78, 5) is 40.2. The Labute approximate surface area is 177 Å². The van der Waals surface area contributed by atoms with Crippen molar-refractivity contribution in [3.8, 4) is 5.75 Å². The molecule has 0 atom stereocenters. The van der Waals surface area contributed by atoms with E-state index >= 15 is 0 Å². The van der Waals surface area contributed by atoms with E-state index in [9.17, 15) is 14.4 Å². The van der Waals surface area contributed by atoms with Crippen LogP contribution in [0.5, 0.6) is 5.75 Å². The average Bonchev–Trinajstić information content (AvgIpc) is 3.15. The first-order valence-electron chi connectivity index (χ1n) is 9.86. The number of hydrogen-bond acceptors (Lipinski definition) is 5. The van der Waals surface area contributed by atoms with Gasteiger partial charge in [0.2, 0.25) is 5.91 Å². The molecule has 2 heterocycles. The van der Waals surface area contributed by atoms with Gasteiger partial charge in [-0.2, -0.15) is 0 Å². The molecule has 0 unspecified atom stereocenters. The van der Waals surface area contributed by atoms with Gasteiger partial charge in [-0.3, -0.25) is 19.0 Å². The average molecular weight is 419 g/mol. The van der Waals surface area contributed by atoms with Gasteiger partial charge in [-0.25, -0.2) is 4.98 Å². The molecule has 8 heteroatoms. The number of methoxy groups -OCH3 is 1. The molecule has 1 aliphatic rings. The minimum Gasteiger partial charge on any atom is -0.497 e. The van der Waals surface area contributed by atoms with Gasteiger partial charge >= 0.3 is 5.97 Å². The Morgan fingerprint density at radius 3 is 2.68 bits per heavy atom. The van der Waals surface area contributed by atoms with Crippen LogP contribution < -0.4 is 15.6 Å². The normalized spacial score (nSPS) is 13.9. The van der Waals surface area contributed by atoms with E-state index in [0.717, 1.165) is 16.9 Å². The monoisotopic (exact) mass is 419 g/mol. The summed E-state index contributed by atoms with van der Waals surface area (Å²) >= 11 is 0. The van der Waals surface area contributed by atoms with Crippen LogP contribution in [0.15, 0.2) is 47.3 Å². The summed E-state index contributed by atoms with van der Waals surface area (Å²) in [5.74, 6) is -0.0512. The number of nitrogens with one attached hydrogen (secondary N) is 1. The smallest absolute Gasteiger partial charge is 0.303 e. The Morgan fingerprint density at radius 2 is 1.97 bits per heavy atom. The second-order valence-corrected chi connectivity index (χ2v) is 7.26. The van der Waals surface area contributed by atoms with Crippen LogP contribution in [-0.4, -0.2) is 33.6 Å². The van der Waals surface area contributed by atoms with Gasteiger partial charge < -0.3 is 15.2 Å². The Bertz CT molecular complexity index is 1260. The van der Waals surface area contributed by atoms with Crippen molar-refractivity contribution >= 4 is 40.1 Å². The molecule has 0 spiro atoms. The second kappa shape index (κ2) is 8.43. The molecule has 2 N–H and O–H groups in total. The molecule has 3 aromatic rings. The number of carbonyl (C=O) groups excluding carboxylic acids is 1. The highest BCUT2D eigenvalue weighted by Crippen LogP contribution is 2.28. The molecule has 1 aromatic heterocycles. The van der Waals surface area contributed by atoms with Crippen molar-refractivity contribution in [2.45, 2.75) is 25.8 Å². The number of carbonyl (C=O) groups is 2. The predicted octanol–water partition coefficient (Wildman–Crippen LogP) is 3.15. The number of benzene rings is 2. The lowest BCUT2D eigenvalue weighted by Crippen LogP contribution is -2.21. The molecular formula is C23H21N3O5. The Hall–Kier alpha value is -3.94. The standard InChI is InChI=1S/C23H21N3O5/c1-31-17-5-2-14(3-6-17)12-15-10-11-26-22(15)25-19-13-16(4-7-18(19)23(26)30)24-20(27)8-9-21(28)29/h2-7,12-13H,8-11H2,1H3,(H,24,27)(H,28,29)/b15-12+. The number of amides is 1. The minimum atomic E-state index is -1.03. The van der Waals surface area contributed by atoms with Crippen LogP contribution in [0, 0.1) is 0 Å². The molecule has 4 rings (SSSR count). The molecule has 31 heavy (non-hydrogen) atoms. The molecule has 0 fully saturated rings. The third-order valence-corrected chi connectivity index (χ3v) is 5.15. The minimum absolute atomic E-state index is 0.123. The maximum atomic E-state index is 12.9. The molecule has 8 nitrogen and oxygen atoms in total. The quantitative estimate of drug-likeness (QED) is 0.635. The van der Waals surface area contributed by atoms with Crippen molar-refractivity contribution in [1.82, 2.24) is 9.55 Å². The van der Waals surface area contributed by atoms with Gasteiger partial charge in [-0.15, -0.1) is 0 Å². The number of aromatic nitrogens is 2. The highest BCUT2D eigenvalue weighted by Gasteiger charge is 2.21. The molecule has 2 aromatic carbocycles. The van der Waals surface area contributed by atoms with Crippen LogP contribution in [0.1, 0.15) is 30.7 Å². The maximum Gasteiger partial charge on any atom is 0.303 e. The molecule has 0 radical (unpaired) electrons. The van der Waals surface area contributed by atoms with Crippen molar-refractivity contribution < 1.29 is 19.4 Å². The van der Waals surface area contributed by atoms with Crippen LogP contribution in [0.2, 0.25) is 0 Å². The number of rotatable bonds is 6. The third kappa shape index (κ3) is 4.32. The van der Waals surface area contributed by atoms with Crippen LogP contribution in [0.4, 0.5) is 5.69 Å². The second-order valence-electron chi connectivity index (χ2n) is 7.26. The van der Waals surface area contributed by atoms with Crippen LogP contribution in [0.3, 0.4) is 0 Å². The number of allylic oxidation sites excluding steroid dienone is 1. The van der Waals surface area contributed by atoms with Crippen molar-refractivity contribution in [2.75, 3.05) is 12.4 Å². The summed E-state index contributed by atoms with van der Waals surface area (Å²) in [6.45, 7) is 0.562. The van der Waals surface area contributed by atoms with Gasteiger partial charge in [0.25, 0.3) is 5.56 Å². The SMILES string of the molecule is COc1ccc(/C=C2\CCn3c2nc2cc(NC(=O)CCC(=O)O)ccc2c3=O)cc1. The molecular weight excluding hydrogens is 398 g/mol. The third-order valence-electron chi connectivity index (χ3n) is 5.15. The van der Waals surface area contributed by atoms with E-state index in [1.165, 1.54) is 0 Å². The maximum absolute atomic E-state index is 12.9. The summed E-state index contributed by atoms with van der Waals surface area (Å²) in [7, 11) is 1.62. The largest absolute Gasteiger partial charge is 0.497 e. The fourth-order valence-corrected chi connectivity index (χ4v) is 3.58. The highest BCUT2D eigenvalue weighted by molar-refractivity contribution is 5.95. The molecule has 0 bridgehead atoms. The van der Waals surface area contributed by atoms with Crippen LogP contribution >= 0.6 is 0 Å². The van der Waals surface area contributed by atoms with E-state index in [-0.39, 0.29) is 18.4 Å². The molecule has 0 saturated carbocycles. The van der Waals surface area contributed by atoms with Crippen molar-refractivity contribution in [3.05, 3.63) is 64.2 Å². The molecule has 1 amide bonds. The van der Waals surface area contributed by atoms with Gasteiger partial charge in [0, 0.05) is 18.7 Å². The summed E-state index contributed by atoms with van der Waals surface area (Å²) in [5.41, 5.74) is 2.77. The zero-order valence-corrected chi connectivity index (χ0v) is 16.9. The van der Waals surface area contributed by atoms with E-state index < -0.39 is 11.9 Å². The number of anilines is 1. The number of nitrogens with zero attached hydrogens (tertiary/aromatic N) is 2. The van der Waals surface area contributed by atoms with E-state index in [1.54, 1.807) is 29.9 Å². The Balaban J connectivity index is 1.66. The van der Waals surface area contributed by atoms with E-state index in [4.69, 9.17) is 14.8 Å². The van der Waals surface area contributed by atoms with Gasteiger partial charge in [0.05, 0.1) is 24.4 Å². The van der Waals surface area contributed by atoms with Gasteiger partial charge in [-0.1, -0.05) is 12.1 Å². The lowest BCUT2D eigenvalue weighted by Gasteiger charge is -2.08. The van der Waals surface area contributed by atoms with Crippen molar-refractivity contribution in [1.29, 1.82) is 0 Å². The summed E-state index contributed by atoms with van der Waals surface area (Å²) in [5, 5.41) is 11.8. The topological polar surface area (TPSA) is 111 Å². The lowest BCUT2D eigenvalue weighted by molar-refractivity contribution is -0.138. The molecule has 158 valence electrons. The number of fused-ring (bicyclic) bond motifs is 2. The van der Waals surface area contributed by atoms with Gasteiger partial charge in [-0.05, 0) is 54.0 Å². The zero-order chi connectivity index (χ0) is 22.0. The van der Waals surface area contributed by atoms with Gasteiger partial charge in [0.1, 0.15) is 11.6 Å². The number of carboxylic acid groups (broad SMARTS) is 1.